The molecule has 1 aliphatic heterocycles. The number of hydrogen-bond donors (Lipinski definition) is 1. The van der Waals surface area contributed by atoms with E-state index in [9.17, 15) is 0 Å². The lowest BCUT2D eigenvalue weighted by atomic mass is 10.0. The molecule has 1 N–H and O–H groups in total. The molecule has 0 saturated heterocycles. The Labute approximate surface area is 125 Å². The Bertz CT molecular complexity index is 745. The van der Waals surface area contributed by atoms with Crippen LogP contribution in [0.25, 0.3) is 11.0 Å². The van der Waals surface area contributed by atoms with Gasteiger partial charge in [0.2, 0.25) is 5.95 Å². The SMILES string of the molecule is Brc1cccc2c1CN(c1nc3ccccc3[nH]1)CC2. The van der Waals surface area contributed by atoms with Gasteiger partial charge in [-0.15, -0.1) is 0 Å². The molecule has 1 aliphatic rings. The highest BCUT2D eigenvalue weighted by Gasteiger charge is 2.20. The first-order chi connectivity index (χ1) is 9.81. The molecule has 2 heterocycles. The Balaban J connectivity index is 1.72. The number of benzene rings is 2. The number of para-hydroxylation sites is 2. The first kappa shape index (κ1) is 12.0. The second-order valence-corrected chi connectivity index (χ2v) is 5.98. The van der Waals surface area contributed by atoms with Crippen LogP contribution in [-0.2, 0) is 13.0 Å². The average Bonchev–Trinajstić information content (AvgIpc) is 2.91. The van der Waals surface area contributed by atoms with Crippen LogP contribution in [0.4, 0.5) is 5.95 Å². The lowest BCUT2D eigenvalue weighted by Gasteiger charge is -2.29. The van der Waals surface area contributed by atoms with Gasteiger partial charge in [-0.3, -0.25) is 0 Å². The van der Waals surface area contributed by atoms with Gasteiger partial charge >= 0.3 is 0 Å². The van der Waals surface area contributed by atoms with E-state index in [-0.39, 0.29) is 0 Å². The van der Waals surface area contributed by atoms with Gasteiger partial charge in [0.25, 0.3) is 0 Å². The van der Waals surface area contributed by atoms with Gasteiger partial charge in [0.05, 0.1) is 11.0 Å². The Morgan fingerprint density at radius 1 is 1.10 bits per heavy atom. The minimum absolute atomic E-state index is 0.899. The van der Waals surface area contributed by atoms with Crippen LogP contribution in [0.3, 0.4) is 0 Å². The number of hydrogen-bond acceptors (Lipinski definition) is 2. The third kappa shape index (κ3) is 1.91. The number of fused-ring (bicyclic) bond motifs is 2. The van der Waals surface area contributed by atoms with Crippen molar-refractivity contribution in [2.45, 2.75) is 13.0 Å². The summed E-state index contributed by atoms with van der Waals surface area (Å²) in [5, 5.41) is 0. The van der Waals surface area contributed by atoms with Crippen LogP contribution in [-0.4, -0.2) is 16.5 Å². The first-order valence-corrected chi connectivity index (χ1v) is 7.56. The van der Waals surface area contributed by atoms with Crippen molar-refractivity contribution in [1.82, 2.24) is 9.97 Å². The van der Waals surface area contributed by atoms with Gasteiger partial charge < -0.3 is 9.88 Å². The molecule has 0 bridgehead atoms. The highest BCUT2D eigenvalue weighted by atomic mass is 79.9. The van der Waals surface area contributed by atoms with E-state index in [2.05, 4.69) is 50.1 Å². The van der Waals surface area contributed by atoms with E-state index in [0.717, 1.165) is 36.5 Å². The molecule has 4 heteroatoms. The molecule has 3 nitrogen and oxygen atoms in total. The summed E-state index contributed by atoms with van der Waals surface area (Å²) in [7, 11) is 0. The molecule has 0 radical (unpaired) electrons. The molecule has 0 unspecified atom stereocenters. The van der Waals surface area contributed by atoms with Crippen molar-refractivity contribution in [3.63, 3.8) is 0 Å². The fraction of sp³-hybridized carbons (Fsp3) is 0.188. The van der Waals surface area contributed by atoms with E-state index < -0.39 is 0 Å². The summed E-state index contributed by atoms with van der Waals surface area (Å²) in [5.41, 5.74) is 4.94. The van der Waals surface area contributed by atoms with Gasteiger partial charge in [0.15, 0.2) is 0 Å². The fourth-order valence-electron chi connectivity index (χ4n) is 2.81. The van der Waals surface area contributed by atoms with Crippen molar-refractivity contribution in [3.05, 3.63) is 58.1 Å². The molecule has 0 atom stereocenters. The number of halogens is 1. The fourth-order valence-corrected chi connectivity index (χ4v) is 3.34. The molecule has 0 amide bonds. The highest BCUT2D eigenvalue weighted by Crippen LogP contribution is 2.29. The van der Waals surface area contributed by atoms with Gasteiger partial charge in [-0.1, -0.05) is 40.2 Å². The number of aromatic amines is 1. The van der Waals surface area contributed by atoms with Gasteiger partial charge in [-0.25, -0.2) is 4.98 Å². The first-order valence-electron chi connectivity index (χ1n) is 6.77. The lowest BCUT2D eigenvalue weighted by Crippen LogP contribution is -2.31. The van der Waals surface area contributed by atoms with Gasteiger partial charge in [0.1, 0.15) is 0 Å². The summed E-state index contributed by atoms with van der Waals surface area (Å²) < 4.78 is 1.19. The van der Waals surface area contributed by atoms with Crippen LogP contribution in [0.15, 0.2) is 46.9 Å². The zero-order valence-electron chi connectivity index (χ0n) is 10.9. The molecule has 0 aliphatic carbocycles. The zero-order chi connectivity index (χ0) is 13.5. The topological polar surface area (TPSA) is 31.9 Å². The molecule has 20 heavy (non-hydrogen) atoms. The van der Waals surface area contributed by atoms with Crippen LogP contribution >= 0.6 is 15.9 Å². The molecule has 2 aromatic carbocycles. The van der Waals surface area contributed by atoms with Crippen molar-refractivity contribution in [3.8, 4) is 0 Å². The monoisotopic (exact) mass is 327 g/mol. The molecule has 0 fully saturated rings. The second-order valence-electron chi connectivity index (χ2n) is 5.13. The molecule has 0 saturated carbocycles. The maximum absolute atomic E-state index is 4.69. The van der Waals surface area contributed by atoms with E-state index in [1.165, 1.54) is 15.6 Å². The molecule has 4 rings (SSSR count). The smallest absolute Gasteiger partial charge is 0.204 e. The normalized spacial score (nSPS) is 14.6. The van der Waals surface area contributed by atoms with Crippen LogP contribution < -0.4 is 4.90 Å². The maximum atomic E-state index is 4.69. The number of H-pyrrole nitrogens is 1. The molecule has 0 spiro atoms. The van der Waals surface area contributed by atoms with E-state index in [4.69, 9.17) is 4.98 Å². The number of imidazole rings is 1. The molecule has 100 valence electrons. The standard InChI is InChI=1S/C16H14BrN3/c17-13-5-3-4-11-8-9-20(10-12(11)13)16-18-14-6-1-2-7-15(14)19-16/h1-7H,8-10H2,(H,18,19). The number of nitrogens with one attached hydrogen (secondary N) is 1. The highest BCUT2D eigenvalue weighted by molar-refractivity contribution is 9.10. The van der Waals surface area contributed by atoms with E-state index >= 15 is 0 Å². The van der Waals surface area contributed by atoms with Gasteiger partial charge in [-0.05, 0) is 35.7 Å². The Morgan fingerprint density at radius 2 is 2.00 bits per heavy atom. The van der Waals surface area contributed by atoms with Crippen molar-refractivity contribution in [1.29, 1.82) is 0 Å². The van der Waals surface area contributed by atoms with Gasteiger partial charge in [-0.2, -0.15) is 0 Å². The number of anilines is 1. The molecular weight excluding hydrogens is 314 g/mol. The Hall–Kier alpha value is -1.81. The quantitative estimate of drug-likeness (QED) is 0.735. The Kier molecular flexibility index (Phi) is 2.77. The molecule has 3 aromatic rings. The van der Waals surface area contributed by atoms with Crippen LogP contribution in [0.5, 0.6) is 0 Å². The molecule has 1 aromatic heterocycles. The van der Waals surface area contributed by atoms with E-state index in [1.807, 2.05) is 18.2 Å². The van der Waals surface area contributed by atoms with Crippen LogP contribution in [0.1, 0.15) is 11.1 Å². The van der Waals surface area contributed by atoms with Crippen LogP contribution in [0, 0.1) is 0 Å². The summed E-state index contributed by atoms with van der Waals surface area (Å²) >= 11 is 3.66. The zero-order valence-corrected chi connectivity index (χ0v) is 12.5. The predicted molar refractivity (Wildman–Crippen MR) is 85.0 cm³/mol. The summed E-state index contributed by atoms with van der Waals surface area (Å²) in [4.78, 5) is 10.4. The summed E-state index contributed by atoms with van der Waals surface area (Å²) in [6, 6.07) is 14.6. The van der Waals surface area contributed by atoms with E-state index in [1.54, 1.807) is 0 Å². The summed E-state index contributed by atoms with van der Waals surface area (Å²) in [6.07, 6.45) is 1.06. The van der Waals surface area contributed by atoms with Crippen molar-refractivity contribution < 1.29 is 0 Å². The van der Waals surface area contributed by atoms with Gasteiger partial charge in [0, 0.05) is 17.6 Å². The third-order valence-corrected chi connectivity index (χ3v) is 4.64. The maximum Gasteiger partial charge on any atom is 0.204 e. The number of aromatic nitrogens is 2. The van der Waals surface area contributed by atoms with Crippen LogP contribution in [0.2, 0.25) is 0 Å². The largest absolute Gasteiger partial charge is 0.338 e. The third-order valence-electron chi connectivity index (χ3n) is 3.89. The minimum atomic E-state index is 0.899. The number of rotatable bonds is 1. The average molecular weight is 328 g/mol. The van der Waals surface area contributed by atoms with Crippen molar-refractivity contribution in [2.24, 2.45) is 0 Å². The summed E-state index contributed by atoms with van der Waals surface area (Å²) in [5.74, 6) is 0.965. The Morgan fingerprint density at radius 3 is 2.90 bits per heavy atom. The van der Waals surface area contributed by atoms with Crippen molar-refractivity contribution in [2.75, 3.05) is 11.4 Å². The second kappa shape index (κ2) is 4.63. The summed E-state index contributed by atoms with van der Waals surface area (Å²) in [6.45, 7) is 1.90. The van der Waals surface area contributed by atoms with Crippen molar-refractivity contribution >= 4 is 32.9 Å². The van der Waals surface area contributed by atoms with E-state index in [0.29, 0.717) is 0 Å². The minimum Gasteiger partial charge on any atom is -0.338 e. The number of nitrogens with zero attached hydrogens (tertiary/aromatic N) is 2. The molecular formula is C16H14BrN3. The predicted octanol–water partition coefficient (Wildman–Crippen LogP) is 3.89. The lowest BCUT2D eigenvalue weighted by molar-refractivity contribution is 0.711.